The highest BCUT2D eigenvalue weighted by molar-refractivity contribution is 9.10. The van der Waals surface area contributed by atoms with Gasteiger partial charge in [0.1, 0.15) is 0 Å². The van der Waals surface area contributed by atoms with Crippen molar-refractivity contribution in [2.24, 2.45) is 0 Å². The highest BCUT2D eigenvalue weighted by Gasteiger charge is 2.30. The number of halogens is 1. The number of thiophene rings is 1. The van der Waals surface area contributed by atoms with E-state index in [1.165, 1.54) is 11.3 Å². The Morgan fingerprint density at radius 1 is 1.56 bits per heavy atom. The Bertz CT molecular complexity index is 486. The number of cyclic esters (lactones) is 1. The number of hydrogen-bond acceptors (Lipinski definition) is 5. The molecule has 3 amide bonds. The maximum absolute atomic E-state index is 11.7. The second-order valence-electron chi connectivity index (χ2n) is 3.49. The van der Waals surface area contributed by atoms with Crippen molar-refractivity contribution in [3.63, 3.8) is 0 Å². The zero-order valence-corrected chi connectivity index (χ0v) is 11.5. The number of nitrogens with one attached hydrogen (secondary N) is 1. The van der Waals surface area contributed by atoms with Gasteiger partial charge in [0.25, 0.3) is 11.8 Å². The second kappa shape index (κ2) is 5.49. The van der Waals surface area contributed by atoms with Crippen LogP contribution >= 0.6 is 27.3 Å². The molecule has 1 saturated heterocycles. The number of imide groups is 1. The first-order chi connectivity index (χ1) is 8.58. The van der Waals surface area contributed by atoms with Crippen molar-refractivity contribution in [3.8, 4) is 0 Å². The standard InChI is InChI=1S/C10H9BrN2O4S/c11-6-3-7(18-5-6)9(15)12-1-2-13-8(14)4-17-10(13)16/h3,5H,1-2,4H2,(H,12,15). The molecule has 0 spiro atoms. The van der Waals surface area contributed by atoms with Gasteiger partial charge in [-0.1, -0.05) is 0 Å². The average Bonchev–Trinajstić information content (AvgIpc) is 2.89. The first-order valence-corrected chi connectivity index (χ1v) is 6.74. The molecule has 0 aromatic carbocycles. The fourth-order valence-corrected chi connectivity index (χ4v) is 2.74. The molecule has 1 N–H and O–H groups in total. The number of carbonyl (C=O) groups excluding carboxylic acids is 3. The number of nitrogens with zero attached hydrogens (tertiary/aromatic N) is 1. The van der Waals surface area contributed by atoms with Crippen molar-refractivity contribution >= 4 is 45.2 Å². The maximum atomic E-state index is 11.7. The third-order valence-corrected chi connectivity index (χ3v) is 3.94. The predicted octanol–water partition coefficient (Wildman–Crippen LogP) is 1.22. The summed E-state index contributed by atoms with van der Waals surface area (Å²) in [6.45, 7) is 0.107. The van der Waals surface area contributed by atoms with E-state index in [4.69, 9.17) is 0 Å². The Kier molecular flexibility index (Phi) is 3.97. The van der Waals surface area contributed by atoms with Gasteiger partial charge < -0.3 is 10.1 Å². The van der Waals surface area contributed by atoms with E-state index in [1.54, 1.807) is 11.4 Å². The Balaban J connectivity index is 1.80. The minimum atomic E-state index is -0.659. The first-order valence-electron chi connectivity index (χ1n) is 5.07. The molecule has 1 aliphatic rings. The van der Waals surface area contributed by atoms with Gasteiger partial charge >= 0.3 is 6.09 Å². The molecule has 1 fully saturated rings. The lowest BCUT2D eigenvalue weighted by Gasteiger charge is -2.10. The van der Waals surface area contributed by atoms with Crippen molar-refractivity contribution in [3.05, 3.63) is 20.8 Å². The molecule has 8 heteroatoms. The monoisotopic (exact) mass is 332 g/mol. The van der Waals surface area contributed by atoms with E-state index in [1.807, 2.05) is 0 Å². The summed E-state index contributed by atoms with van der Waals surface area (Å²) in [6.07, 6.45) is -0.659. The molecule has 0 saturated carbocycles. The van der Waals surface area contributed by atoms with Crippen molar-refractivity contribution in [2.45, 2.75) is 0 Å². The van der Waals surface area contributed by atoms with Crippen LogP contribution in [-0.2, 0) is 9.53 Å². The average molecular weight is 333 g/mol. The van der Waals surface area contributed by atoms with E-state index >= 15 is 0 Å². The van der Waals surface area contributed by atoms with Crippen LogP contribution in [0.2, 0.25) is 0 Å². The molecule has 96 valence electrons. The summed E-state index contributed by atoms with van der Waals surface area (Å²) in [5.74, 6) is -0.612. The van der Waals surface area contributed by atoms with Crippen LogP contribution in [0.15, 0.2) is 15.9 Å². The van der Waals surface area contributed by atoms with E-state index in [-0.39, 0.29) is 31.5 Å². The molecule has 1 aromatic rings. The Labute approximate surface area is 115 Å². The lowest BCUT2D eigenvalue weighted by molar-refractivity contribution is -0.125. The molecule has 6 nitrogen and oxygen atoms in total. The molecule has 18 heavy (non-hydrogen) atoms. The summed E-state index contributed by atoms with van der Waals surface area (Å²) < 4.78 is 5.39. The Hall–Kier alpha value is -1.41. The van der Waals surface area contributed by atoms with Crippen LogP contribution in [0.4, 0.5) is 4.79 Å². The Morgan fingerprint density at radius 2 is 2.33 bits per heavy atom. The zero-order valence-electron chi connectivity index (χ0n) is 9.14. The van der Waals surface area contributed by atoms with E-state index in [0.717, 1.165) is 9.37 Å². The number of amides is 3. The first kappa shape index (κ1) is 13.0. The van der Waals surface area contributed by atoms with E-state index in [2.05, 4.69) is 26.0 Å². The highest BCUT2D eigenvalue weighted by Crippen LogP contribution is 2.19. The van der Waals surface area contributed by atoms with Gasteiger partial charge in [0.05, 0.1) is 4.88 Å². The van der Waals surface area contributed by atoms with Gasteiger partial charge in [-0.15, -0.1) is 11.3 Å². The number of hydrogen-bond donors (Lipinski definition) is 1. The fourth-order valence-electron chi connectivity index (χ4n) is 1.40. The summed E-state index contributed by atoms with van der Waals surface area (Å²) in [6, 6.07) is 1.70. The smallest absolute Gasteiger partial charge is 0.417 e. The fraction of sp³-hybridized carbons (Fsp3) is 0.300. The van der Waals surface area contributed by atoms with Crippen LogP contribution in [0, 0.1) is 0 Å². The quantitative estimate of drug-likeness (QED) is 0.899. The molecule has 0 aliphatic carbocycles. The number of ether oxygens (including phenoxy) is 1. The lowest BCUT2D eigenvalue weighted by atomic mass is 10.4. The number of carbonyl (C=O) groups is 3. The van der Waals surface area contributed by atoms with Crippen LogP contribution in [0.5, 0.6) is 0 Å². The molecular weight excluding hydrogens is 324 g/mol. The maximum Gasteiger partial charge on any atom is 0.417 e. The summed E-state index contributed by atoms with van der Waals surface area (Å²) in [4.78, 5) is 35.5. The SMILES string of the molecule is O=C(NCCN1C(=O)COC1=O)c1cc(Br)cs1. The van der Waals surface area contributed by atoms with Gasteiger partial charge in [-0.05, 0) is 22.0 Å². The summed E-state index contributed by atoms with van der Waals surface area (Å²) in [5.41, 5.74) is 0. The molecule has 1 aromatic heterocycles. The van der Waals surface area contributed by atoms with Crippen LogP contribution in [0.25, 0.3) is 0 Å². The summed E-state index contributed by atoms with van der Waals surface area (Å²) in [5, 5.41) is 4.43. The Morgan fingerprint density at radius 3 is 2.89 bits per heavy atom. The number of rotatable bonds is 4. The van der Waals surface area contributed by atoms with Gasteiger partial charge in [0.2, 0.25) is 0 Å². The molecule has 0 radical (unpaired) electrons. The van der Waals surface area contributed by atoms with Crippen LogP contribution in [-0.4, -0.2) is 42.5 Å². The second-order valence-corrected chi connectivity index (χ2v) is 5.31. The van der Waals surface area contributed by atoms with Crippen molar-refractivity contribution in [1.82, 2.24) is 10.2 Å². The van der Waals surface area contributed by atoms with Crippen LogP contribution in [0.3, 0.4) is 0 Å². The van der Waals surface area contributed by atoms with Gasteiger partial charge in [0.15, 0.2) is 6.61 Å². The van der Waals surface area contributed by atoms with Crippen LogP contribution < -0.4 is 5.32 Å². The van der Waals surface area contributed by atoms with E-state index in [0.29, 0.717) is 4.88 Å². The van der Waals surface area contributed by atoms with Crippen molar-refractivity contribution in [2.75, 3.05) is 19.7 Å². The third kappa shape index (κ3) is 2.88. The van der Waals surface area contributed by atoms with Gasteiger partial charge in [0, 0.05) is 22.9 Å². The summed E-state index contributed by atoms with van der Waals surface area (Å²) in [7, 11) is 0. The normalized spacial score (nSPS) is 14.8. The molecular formula is C10H9BrN2O4S. The van der Waals surface area contributed by atoms with Crippen molar-refractivity contribution in [1.29, 1.82) is 0 Å². The molecule has 2 rings (SSSR count). The van der Waals surface area contributed by atoms with Crippen LogP contribution in [0.1, 0.15) is 9.67 Å². The zero-order chi connectivity index (χ0) is 13.1. The van der Waals surface area contributed by atoms with Gasteiger partial charge in [-0.25, -0.2) is 9.69 Å². The molecule has 0 bridgehead atoms. The van der Waals surface area contributed by atoms with E-state index in [9.17, 15) is 14.4 Å². The minimum absolute atomic E-state index is 0.121. The van der Waals surface area contributed by atoms with Crippen molar-refractivity contribution < 1.29 is 19.1 Å². The molecule has 1 aliphatic heterocycles. The largest absolute Gasteiger partial charge is 0.439 e. The minimum Gasteiger partial charge on any atom is -0.439 e. The predicted molar refractivity (Wildman–Crippen MR) is 67.4 cm³/mol. The van der Waals surface area contributed by atoms with E-state index < -0.39 is 6.09 Å². The highest BCUT2D eigenvalue weighted by atomic mass is 79.9. The van der Waals surface area contributed by atoms with Gasteiger partial charge in [-0.3, -0.25) is 9.59 Å². The molecule has 0 atom stereocenters. The third-order valence-electron chi connectivity index (χ3n) is 2.25. The topological polar surface area (TPSA) is 75.7 Å². The molecule has 0 unspecified atom stereocenters. The summed E-state index contributed by atoms with van der Waals surface area (Å²) >= 11 is 4.56. The molecule has 2 heterocycles. The van der Waals surface area contributed by atoms with Gasteiger partial charge in [-0.2, -0.15) is 0 Å². The lowest BCUT2D eigenvalue weighted by Crippen LogP contribution is -2.37.